The van der Waals surface area contributed by atoms with Gasteiger partial charge in [-0.2, -0.15) is 0 Å². The van der Waals surface area contributed by atoms with Crippen LogP contribution in [0.4, 0.5) is 10.8 Å². The lowest BCUT2D eigenvalue weighted by Gasteiger charge is -2.21. The van der Waals surface area contributed by atoms with E-state index >= 15 is 0 Å². The van der Waals surface area contributed by atoms with Gasteiger partial charge < -0.3 is 15.4 Å². The molecule has 29 heavy (non-hydrogen) atoms. The van der Waals surface area contributed by atoms with Gasteiger partial charge in [0.2, 0.25) is 5.13 Å². The molecule has 7 nitrogen and oxygen atoms in total. The number of carbonyl (C=O) groups excluding carboxylic acids is 2. The van der Waals surface area contributed by atoms with E-state index in [0.29, 0.717) is 16.1 Å². The topological polar surface area (TPSA) is 93.2 Å². The van der Waals surface area contributed by atoms with Gasteiger partial charge in [0.25, 0.3) is 5.91 Å². The molecule has 1 amide bonds. The lowest BCUT2D eigenvalue weighted by molar-refractivity contribution is -0.150. The van der Waals surface area contributed by atoms with Gasteiger partial charge in [-0.05, 0) is 44.4 Å². The number of nitrogens with one attached hydrogen (secondary N) is 2. The van der Waals surface area contributed by atoms with Crippen LogP contribution in [0.15, 0.2) is 28.6 Å². The van der Waals surface area contributed by atoms with Gasteiger partial charge in [-0.1, -0.05) is 54.5 Å². The summed E-state index contributed by atoms with van der Waals surface area (Å²) in [5.74, 6) is -0.733. The Balaban J connectivity index is 1.40. The highest BCUT2D eigenvalue weighted by Gasteiger charge is 2.19. The van der Waals surface area contributed by atoms with Crippen LogP contribution >= 0.6 is 23.1 Å². The second-order valence-corrected chi connectivity index (χ2v) is 9.33. The van der Waals surface area contributed by atoms with E-state index in [4.69, 9.17) is 4.74 Å². The Kier molecular flexibility index (Phi) is 7.88. The average Bonchev–Trinajstić information content (AvgIpc) is 3.14. The molecule has 1 atom stereocenters. The molecule has 1 fully saturated rings. The summed E-state index contributed by atoms with van der Waals surface area (Å²) in [4.78, 5) is 24.3. The van der Waals surface area contributed by atoms with Crippen LogP contribution in [-0.4, -0.2) is 40.0 Å². The molecule has 2 aromatic rings. The Labute approximate surface area is 179 Å². The number of rotatable bonds is 8. The molecular weight excluding hydrogens is 408 g/mol. The third-order valence-electron chi connectivity index (χ3n) is 4.62. The van der Waals surface area contributed by atoms with Crippen molar-refractivity contribution in [3.63, 3.8) is 0 Å². The van der Waals surface area contributed by atoms with Crippen molar-refractivity contribution in [2.75, 3.05) is 16.4 Å². The monoisotopic (exact) mass is 434 g/mol. The maximum Gasteiger partial charge on any atom is 0.317 e. The lowest BCUT2D eigenvalue weighted by Crippen LogP contribution is -2.30. The van der Waals surface area contributed by atoms with Gasteiger partial charge in [-0.25, -0.2) is 0 Å². The summed E-state index contributed by atoms with van der Waals surface area (Å²) in [5.41, 5.74) is 1.72. The molecule has 1 aliphatic carbocycles. The first-order valence-corrected chi connectivity index (χ1v) is 11.6. The van der Waals surface area contributed by atoms with Gasteiger partial charge >= 0.3 is 5.97 Å². The zero-order valence-electron chi connectivity index (χ0n) is 16.6. The first kappa shape index (κ1) is 21.6. The fourth-order valence-electron chi connectivity index (χ4n) is 3.12. The van der Waals surface area contributed by atoms with E-state index in [-0.39, 0.29) is 11.7 Å². The van der Waals surface area contributed by atoms with Crippen molar-refractivity contribution in [1.29, 1.82) is 0 Å². The second kappa shape index (κ2) is 10.6. The van der Waals surface area contributed by atoms with Crippen LogP contribution in [0.2, 0.25) is 0 Å². The van der Waals surface area contributed by atoms with Crippen molar-refractivity contribution < 1.29 is 14.3 Å². The quantitative estimate of drug-likeness (QED) is 0.474. The molecule has 0 aliphatic heterocycles. The molecule has 1 aromatic carbocycles. The molecule has 0 radical (unpaired) electrons. The van der Waals surface area contributed by atoms with Crippen molar-refractivity contribution in [3.8, 4) is 0 Å². The number of anilines is 2. The first-order valence-electron chi connectivity index (χ1n) is 9.79. The number of esters is 1. The fraction of sp³-hybridized carbons (Fsp3) is 0.500. The third-order valence-corrected chi connectivity index (χ3v) is 6.58. The number of carbonyl (C=O) groups is 2. The van der Waals surface area contributed by atoms with Crippen LogP contribution in [-0.2, 0) is 14.3 Å². The Morgan fingerprint density at radius 1 is 1.28 bits per heavy atom. The zero-order chi connectivity index (χ0) is 20.6. The number of ether oxygens (including phenoxy) is 1. The Morgan fingerprint density at radius 3 is 2.83 bits per heavy atom. The SMILES string of the molecule is Cc1cccc(NC(=O)[C@@H](C)OC(=O)CSc2nnc(NC3CCCCC3)s2)c1. The maximum absolute atomic E-state index is 12.2. The van der Waals surface area contributed by atoms with E-state index in [9.17, 15) is 9.59 Å². The van der Waals surface area contributed by atoms with Gasteiger partial charge in [0.05, 0.1) is 5.75 Å². The summed E-state index contributed by atoms with van der Waals surface area (Å²) in [6.45, 7) is 3.50. The molecule has 0 spiro atoms. The molecule has 1 aromatic heterocycles. The number of nitrogens with zero attached hydrogens (tertiary/aromatic N) is 2. The van der Waals surface area contributed by atoms with E-state index in [1.165, 1.54) is 42.4 Å². The summed E-state index contributed by atoms with van der Waals surface area (Å²) in [5, 5.41) is 15.2. The second-order valence-electron chi connectivity index (χ2n) is 7.13. The number of aryl methyl sites for hydroxylation is 1. The molecule has 2 N–H and O–H groups in total. The summed E-state index contributed by atoms with van der Waals surface area (Å²) < 4.78 is 5.94. The molecule has 0 bridgehead atoms. The molecule has 1 heterocycles. The minimum atomic E-state index is -0.874. The summed E-state index contributed by atoms with van der Waals surface area (Å²) >= 11 is 2.71. The van der Waals surface area contributed by atoms with Crippen molar-refractivity contribution in [1.82, 2.24) is 10.2 Å². The zero-order valence-corrected chi connectivity index (χ0v) is 18.3. The highest BCUT2D eigenvalue weighted by Crippen LogP contribution is 2.28. The molecule has 9 heteroatoms. The molecule has 0 unspecified atom stereocenters. The van der Waals surface area contributed by atoms with E-state index < -0.39 is 12.1 Å². The molecule has 0 saturated heterocycles. The third kappa shape index (κ3) is 7.01. The summed E-state index contributed by atoms with van der Waals surface area (Å²) in [6, 6.07) is 7.92. The first-order chi connectivity index (χ1) is 14.0. The smallest absolute Gasteiger partial charge is 0.317 e. The molecule has 3 rings (SSSR count). The van der Waals surface area contributed by atoms with E-state index in [0.717, 1.165) is 23.5 Å². The number of hydrogen-bond donors (Lipinski definition) is 2. The maximum atomic E-state index is 12.2. The van der Waals surface area contributed by atoms with Gasteiger partial charge in [-0.15, -0.1) is 10.2 Å². The molecule has 1 aliphatic rings. The summed E-state index contributed by atoms with van der Waals surface area (Å²) in [7, 11) is 0. The Bertz CT molecular complexity index is 837. The number of aromatic nitrogens is 2. The predicted octanol–water partition coefficient (Wildman–Crippen LogP) is 4.25. The van der Waals surface area contributed by atoms with Crippen LogP contribution < -0.4 is 10.6 Å². The van der Waals surface area contributed by atoms with Crippen molar-refractivity contribution in [3.05, 3.63) is 29.8 Å². The van der Waals surface area contributed by atoms with Gasteiger partial charge in [-0.3, -0.25) is 9.59 Å². The van der Waals surface area contributed by atoms with Crippen LogP contribution in [0.5, 0.6) is 0 Å². The van der Waals surface area contributed by atoms with Gasteiger partial charge in [0.1, 0.15) is 0 Å². The van der Waals surface area contributed by atoms with E-state index in [1.54, 1.807) is 13.0 Å². The van der Waals surface area contributed by atoms with Crippen LogP contribution in [0.25, 0.3) is 0 Å². The number of amides is 1. The van der Waals surface area contributed by atoms with Crippen molar-refractivity contribution in [2.24, 2.45) is 0 Å². The Hall–Kier alpha value is -2.13. The molecule has 156 valence electrons. The molecular formula is C20H26N4O3S2. The van der Waals surface area contributed by atoms with Crippen LogP contribution in [0.3, 0.4) is 0 Å². The standard InChI is InChI=1S/C20H26N4O3S2/c1-13-7-6-10-16(11-13)21-18(26)14(2)27-17(25)12-28-20-24-23-19(29-20)22-15-8-4-3-5-9-15/h6-7,10-11,14-15H,3-5,8-9,12H2,1-2H3,(H,21,26)(H,22,23)/t14-/m1/s1. The minimum absolute atomic E-state index is 0.0835. The van der Waals surface area contributed by atoms with E-state index in [2.05, 4.69) is 20.8 Å². The lowest BCUT2D eigenvalue weighted by atomic mass is 9.96. The summed E-state index contributed by atoms with van der Waals surface area (Å²) in [6.07, 6.45) is 5.26. The van der Waals surface area contributed by atoms with E-state index in [1.807, 2.05) is 25.1 Å². The highest BCUT2D eigenvalue weighted by atomic mass is 32.2. The van der Waals surface area contributed by atoms with Crippen molar-refractivity contribution in [2.45, 2.75) is 62.4 Å². The largest absolute Gasteiger partial charge is 0.452 e. The highest BCUT2D eigenvalue weighted by molar-refractivity contribution is 8.01. The van der Waals surface area contributed by atoms with Crippen LogP contribution in [0.1, 0.15) is 44.6 Å². The fourth-order valence-corrected chi connectivity index (χ4v) is 4.73. The minimum Gasteiger partial charge on any atom is -0.452 e. The van der Waals surface area contributed by atoms with Crippen molar-refractivity contribution >= 4 is 45.8 Å². The number of benzene rings is 1. The average molecular weight is 435 g/mol. The molecule has 1 saturated carbocycles. The van der Waals surface area contributed by atoms with Gasteiger partial charge in [0, 0.05) is 11.7 Å². The predicted molar refractivity (Wildman–Crippen MR) is 116 cm³/mol. The van der Waals surface area contributed by atoms with Gasteiger partial charge in [0.15, 0.2) is 10.4 Å². The normalized spacial score (nSPS) is 15.5. The Morgan fingerprint density at radius 2 is 2.07 bits per heavy atom. The van der Waals surface area contributed by atoms with Crippen LogP contribution in [0, 0.1) is 6.92 Å². The number of hydrogen-bond acceptors (Lipinski definition) is 8. The number of thioether (sulfide) groups is 1.